The summed E-state index contributed by atoms with van der Waals surface area (Å²) in [7, 11) is 0. The van der Waals surface area contributed by atoms with Crippen molar-refractivity contribution in [3.05, 3.63) is 0 Å². The smallest absolute Gasteiger partial charge is 0.311 e. The van der Waals surface area contributed by atoms with Crippen LogP contribution in [-0.4, -0.2) is 36.4 Å². The van der Waals surface area contributed by atoms with Crippen molar-refractivity contribution in [2.75, 3.05) is 13.2 Å². The van der Waals surface area contributed by atoms with E-state index < -0.39 is 17.2 Å². The quantitative estimate of drug-likeness (QED) is 0.507. The minimum absolute atomic E-state index is 0.0355. The van der Waals surface area contributed by atoms with Gasteiger partial charge in [-0.1, -0.05) is 20.8 Å². The van der Waals surface area contributed by atoms with E-state index in [0.717, 1.165) is 25.7 Å². The Labute approximate surface area is 130 Å². The van der Waals surface area contributed by atoms with Gasteiger partial charge in [0.1, 0.15) is 0 Å². The lowest BCUT2D eigenvalue weighted by atomic mass is 9.51. The molecule has 3 heterocycles. The molecule has 2 aliphatic carbocycles. The third kappa shape index (κ3) is 1.18. The van der Waals surface area contributed by atoms with Crippen molar-refractivity contribution in [3.8, 4) is 0 Å². The van der Waals surface area contributed by atoms with Gasteiger partial charge in [0.25, 0.3) is 0 Å². The molecule has 6 atom stereocenters. The molecule has 122 valence electrons. The van der Waals surface area contributed by atoms with Gasteiger partial charge in [0, 0.05) is 23.7 Å². The molecule has 0 aromatic carbocycles. The van der Waals surface area contributed by atoms with Crippen molar-refractivity contribution in [1.29, 1.82) is 0 Å². The summed E-state index contributed by atoms with van der Waals surface area (Å²) in [4.78, 5) is 12.2. The lowest BCUT2D eigenvalue weighted by Crippen LogP contribution is -2.62. The molecule has 3 spiro atoms. The second-order valence-corrected chi connectivity index (χ2v) is 8.15. The van der Waals surface area contributed by atoms with E-state index in [9.17, 15) is 4.79 Å². The lowest BCUT2D eigenvalue weighted by Gasteiger charge is -2.53. The van der Waals surface area contributed by atoms with Gasteiger partial charge in [0.05, 0.1) is 19.1 Å². The van der Waals surface area contributed by atoms with Crippen LogP contribution in [0.25, 0.3) is 0 Å². The average molecular weight is 308 g/mol. The first-order valence-electron chi connectivity index (χ1n) is 8.62. The largest absolute Gasteiger partial charge is 0.429 e. The number of ether oxygens (including phenoxy) is 4. The number of carbonyl (C=O) groups excluding carboxylic acids is 1. The monoisotopic (exact) mass is 308 g/mol. The van der Waals surface area contributed by atoms with Crippen LogP contribution < -0.4 is 0 Å². The van der Waals surface area contributed by atoms with Gasteiger partial charge in [-0.15, -0.1) is 0 Å². The van der Waals surface area contributed by atoms with Gasteiger partial charge >= 0.3 is 5.97 Å². The summed E-state index contributed by atoms with van der Waals surface area (Å²) in [5.41, 5.74) is -0.403. The molecule has 2 saturated carbocycles. The fourth-order valence-electron chi connectivity index (χ4n) is 6.18. The molecule has 0 bridgehead atoms. The fourth-order valence-corrected chi connectivity index (χ4v) is 6.18. The highest BCUT2D eigenvalue weighted by Gasteiger charge is 2.91. The Morgan fingerprint density at radius 3 is 2.55 bits per heavy atom. The minimum atomic E-state index is -0.724. The molecule has 5 heteroatoms. The van der Waals surface area contributed by atoms with E-state index in [4.69, 9.17) is 18.9 Å². The van der Waals surface area contributed by atoms with Crippen molar-refractivity contribution in [2.24, 2.45) is 23.2 Å². The lowest BCUT2D eigenvalue weighted by molar-refractivity contribution is -0.252. The highest BCUT2D eigenvalue weighted by Crippen LogP contribution is 2.78. The zero-order valence-corrected chi connectivity index (χ0v) is 13.5. The van der Waals surface area contributed by atoms with Crippen molar-refractivity contribution in [1.82, 2.24) is 0 Å². The van der Waals surface area contributed by atoms with Gasteiger partial charge in [0.2, 0.25) is 5.79 Å². The number of hydrogen-bond donors (Lipinski definition) is 0. The second kappa shape index (κ2) is 3.70. The molecule has 0 N–H and O–H groups in total. The average Bonchev–Trinajstić information content (AvgIpc) is 2.84. The predicted octanol–water partition coefficient (Wildman–Crippen LogP) is 2.23. The van der Waals surface area contributed by atoms with Crippen LogP contribution in [0.2, 0.25) is 0 Å². The zero-order valence-electron chi connectivity index (χ0n) is 13.5. The highest BCUT2D eigenvalue weighted by atomic mass is 16.8. The molecular weight excluding hydrogens is 284 g/mol. The van der Waals surface area contributed by atoms with E-state index >= 15 is 0 Å². The minimum Gasteiger partial charge on any atom is -0.429 e. The van der Waals surface area contributed by atoms with Gasteiger partial charge in [0.15, 0.2) is 11.4 Å². The molecule has 22 heavy (non-hydrogen) atoms. The summed E-state index contributed by atoms with van der Waals surface area (Å²) >= 11 is 0. The predicted molar refractivity (Wildman–Crippen MR) is 75.7 cm³/mol. The van der Waals surface area contributed by atoms with E-state index in [1.807, 2.05) is 6.92 Å². The fraction of sp³-hybridized carbons (Fsp3) is 0.941. The Kier molecular flexibility index (Phi) is 2.32. The molecule has 0 amide bonds. The zero-order chi connectivity index (χ0) is 15.4. The van der Waals surface area contributed by atoms with Crippen LogP contribution in [0.15, 0.2) is 0 Å². The van der Waals surface area contributed by atoms with E-state index in [1.54, 1.807) is 0 Å². The molecule has 5 nitrogen and oxygen atoms in total. The molecule has 0 aromatic rings. The Hall–Kier alpha value is -0.650. The third-order valence-electron chi connectivity index (χ3n) is 7.48. The van der Waals surface area contributed by atoms with Crippen LogP contribution in [0.3, 0.4) is 0 Å². The summed E-state index contributed by atoms with van der Waals surface area (Å²) < 4.78 is 24.4. The molecule has 0 unspecified atom stereocenters. The number of carbonyl (C=O) groups is 1. The van der Waals surface area contributed by atoms with Crippen LogP contribution in [0, 0.1) is 23.2 Å². The molecule has 3 saturated heterocycles. The Bertz CT molecular complexity index is 555. The van der Waals surface area contributed by atoms with Crippen LogP contribution >= 0.6 is 0 Å². The van der Waals surface area contributed by atoms with E-state index in [2.05, 4.69) is 13.8 Å². The van der Waals surface area contributed by atoms with E-state index in [-0.39, 0.29) is 29.1 Å². The Morgan fingerprint density at radius 2 is 1.82 bits per heavy atom. The van der Waals surface area contributed by atoms with E-state index in [1.165, 1.54) is 0 Å². The molecule has 5 rings (SSSR count). The van der Waals surface area contributed by atoms with Gasteiger partial charge in [-0.05, 0) is 19.3 Å². The van der Waals surface area contributed by atoms with Gasteiger partial charge < -0.3 is 18.9 Å². The highest BCUT2D eigenvalue weighted by molar-refractivity contribution is 5.76. The van der Waals surface area contributed by atoms with Crippen LogP contribution in [0.5, 0.6) is 0 Å². The maximum atomic E-state index is 12.2. The van der Waals surface area contributed by atoms with Crippen LogP contribution in [0.1, 0.15) is 46.5 Å². The molecule has 3 aliphatic heterocycles. The number of esters is 1. The standard InChI is InChI=1S/C17H24O5/c1-10-12-4-5-14(3)6-7-15(19-8-9-20-15)11(2)16(14)17(12,22-16)21-13(10)18/h10-12H,4-9H2,1-3H3/t10-,11-,12-,14-,16+,17+/m0/s1. The summed E-state index contributed by atoms with van der Waals surface area (Å²) in [6.45, 7) is 7.73. The maximum Gasteiger partial charge on any atom is 0.311 e. The van der Waals surface area contributed by atoms with Crippen molar-refractivity contribution < 1.29 is 23.7 Å². The third-order valence-corrected chi connectivity index (χ3v) is 7.48. The maximum absolute atomic E-state index is 12.2. The molecule has 0 aromatic heterocycles. The Morgan fingerprint density at radius 1 is 1.09 bits per heavy atom. The first-order valence-corrected chi connectivity index (χ1v) is 8.62. The van der Waals surface area contributed by atoms with Crippen molar-refractivity contribution in [2.45, 2.75) is 63.6 Å². The normalized spacial score (nSPS) is 58.0. The SMILES string of the molecule is C[C@@H]1C(=O)O[C@]23O[C@@]24[C@@H](C)C2(CC[C@]4(C)CC[C@@H]13)OCCO2. The second-order valence-electron chi connectivity index (χ2n) is 8.15. The summed E-state index contributed by atoms with van der Waals surface area (Å²) in [5.74, 6) is -1.21. The van der Waals surface area contributed by atoms with Gasteiger partial charge in [-0.25, -0.2) is 0 Å². The van der Waals surface area contributed by atoms with E-state index in [0.29, 0.717) is 13.2 Å². The number of rotatable bonds is 0. The first kappa shape index (κ1) is 13.8. The molecule has 5 fully saturated rings. The summed E-state index contributed by atoms with van der Waals surface area (Å²) in [6.07, 6.45) is 3.99. The molecule has 0 radical (unpaired) electrons. The topological polar surface area (TPSA) is 57.3 Å². The van der Waals surface area contributed by atoms with Crippen LogP contribution in [0.4, 0.5) is 0 Å². The number of hydrogen-bond acceptors (Lipinski definition) is 5. The first-order chi connectivity index (χ1) is 10.4. The van der Waals surface area contributed by atoms with Crippen LogP contribution in [-0.2, 0) is 23.7 Å². The van der Waals surface area contributed by atoms with Crippen molar-refractivity contribution >= 4 is 5.97 Å². The summed E-state index contributed by atoms with van der Waals surface area (Å²) in [5, 5.41) is 0. The van der Waals surface area contributed by atoms with Gasteiger partial charge in [-0.2, -0.15) is 0 Å². The van der Waals surface area contributed by atoms with Gasteiger partial charge in [-0.3, -0.25) is 4.79 Å². The Balaban J connectivity index is 1.62. The number of epoxide rings is 1. The molecular formula is C17H24O5. The summed E-state index contributed by atoms with van der Waals surface area (Å²) in [6, 6.07) is 0. The van der Waals surface area contributed by atoms with Crippen molar-refractivity contribution in [3.63, 3.8) is 0 Å². The molecule has 5 aliphatic rings.